The Morgan fingerprint density at radius 2 is 1.80 bits per heavy atom. The van der Waals surface area contributed by atoms with Gasteiger partial charge in [0.1, 0.15) is 0 Å². The molecule has 0 aromatic heterocycles. The molecule has 0 saturated heterocycles. The van der Waals surface area contributed by atoms with E-state index in [1.165, 1.54) is 0 Å². The summed E-state index contributed by atoms with van der Waals surface area (Å²) in [5.41, 5.74) is 4.14. The van der Waals surface area contributed by atoms with Crippen molar-refractivity contribution < 1.29 is 22.0 Å². The fourth-order valence-corrected chi connectivity index (χ4v) is 1.23. The van der Waals surface area contributed by atoms with Crippen LogP contribution >= 0.6 is 0 Å². The predicted octanol–water partition coefficient (Wildman–Crippen LogP) is 2.57. The average molecular weight is 225 g/mol. The number of halogens is 5. The lowest BCUT2D eigenvalue weighted by atomic mass is 9.98. The Morgan fingerprint density at radius 3 is 2.27 bits per heavy atom. The highest BCUT2D eigenvalue weighted by Crippen LogP contribution is 2.35. The molecule has 0 aliphatic carbocycles. The van der Waals surface area contributed by atoms with Crippen LogP contribution < -0.4 is 5.73 Å². The van der Waals surface area contributed by atoms with Crippen LogP contribution in [0, 0.1) is 11.6 Å². The van der Waals surface area contributed by atoms with E-state index in [1.807, 2.05) is 0 Å². The van der Waals surface area contributed by atoms with Crippen molar-refractivity contribution in [3.8, 4) is 0 Å². The summed E-state index contributed by atoms with van der Waals surface area (Å²) in [5, 5.41) is 0. The standard InChI is InChI=1S/C9H8F5N/c10-7-3-1-2-5(8(7)11)6(4-15)9(12,13)14/h1-3,6H,4,15H2. The van der Waals surface area contributed by atoms with Crippen LogP contribution in [-0.2, 0) is 0 Å². The van der Waals surface area contributed by atoms with Gasteiger partial charge in [-0.3, -0.25) is 0 Å². The number of benzene rings is 1. The van der Waals surface area contributed by atoms with E-state index in [0.717, 1.165) is 18.2 Å². The van der Waals surface area contributed by atoms with Crippen LogP contribution in [0.5, 0.6) is 0 Å². The third kappa shape index (κ3) is 2.44. The van der Waals surface area contributed by atoms with Crippen LogP contribution in [0.2, 0.25) is 0 Å². The van der Waals surface area contributed by atoms with E-state index in [1.54, 1.807) is 0 Å². The summed E-state index contributed by atoms with van der Waals surface area (Å²) >= 11 is 0. The largest absolute Gasteiger partial charge is 0.397 e. The molecule has 2 N–H and O–H groups in total. The lowest BCUT2D eigenvalue weighted by molar-refractivity contribution is -0.148. The van der Waals surface area contributed by atoms with Crippen molar-refractivity contribution in [2.24, 2.45) is 5.73 Å². The molecule has 1 aromatic rings. The first kappa shape index (κ1) is 11.9. The molecule has 0 saturated carbocycles. The molecule has 1 rings (SSSR count). The van der Waals surface area contributed by atoms with Gasteiger partial charge >= 0.3 is 6.18 Å². The Bertz CT molecular complexity index is 347. The number of hydrogen-bond donors (Lipinski definition) is 1. The number of rotatable bonds is 2. The summed E-state index contributed by atoms with van der Waals surface area (Å²) in [4.78, 5) is 0. The minimum absolute atomic E-state index is 0.753. The molecule has 0 amide bonds. The molecule has 6 heteroatoms. The van der Waals surface area contributed by atoms with Crippen molar-refractivity contribution in [1.82, 2.24) is 0 Å². The second kappa shape index (κ2) is 4.14. The van der Waals surface area contributed by atoms with Gasteiger partial charge in [-0.25, -0.2) is 8.78 Å². The molecule has 0 spiro atoms. The molecule has 0 aliphatic rings. The predicted molar refractivity (Wildman–Crippen MR) is 44.2 cm³/mol. The second-order valence-corrected chi connectivity index (χ2v) is 2.97. The molecule has 1 unspecified atom stereocenters. The number of nitrogens with two attached hydrogens (primary N) is 1. The third-order valence-corrected chi connectivity index (χ3v) is 1.99. The van der Waals surface area contributed by atoms with Gasteiger partial charge in [-0.1, -0.05) is 12.1 Å². The molecule has 0 aliphatic heterocycles. The van der Waals surface area contributed by atoms with Crippen molar-refractivity contribution in [3.05, 3.63) is 35.4 Å². The van der Waals surface area contributed by atoms with Gasteiger partial charge in [0.05, 0.1) is 5.92 Å². The van der Waals surface area contributed by atoms with Gasteiger partial charge in [0.25, 0.3) is 0 Å². The van der Waals surface area contributed by atoms with Crippen LogP contribution in [0.4, 0.5) is 22.0 Å². The fraction of sp³-hybridized carbons (Fsp3) is 0.333. The van der Waals surface area contributed by atoms with Crippen LogP contribution in [0.15, 0.2) is 18.2 Å². The molecular weight excluding hydrogens is 217 g/mol. The Kier molecular flexibility index (Phi) is 3.28. The highest BCUT2D eigenvalue weighted by Gasteiger charge is 2.41. The zero-order chi connectivity index (χ0) is 11.6. The van der Waals surface area contributed by atoms with Crippen molar-refractivity contribution in [2.45, 2.75) is 12.1 Å². The van der Waals surface area contributed by atoms with Crippen molar-refractivity contribution in [1.29, 1.82) is 0 Å². The van der Waals surface area contributed by atoms with Gasteiger partial charge < -0.3 is 5.73 Å². The van der Waals surface area contributed by atoms with E-state index in [4.69, 9.17) is 5.73 Å². The van der Waals surface area contributed by atoms with Gasteiger partial charge in [0.2, 0.25) is 0 Å². The maximum absolute atomic E-state index is 13.0. The first-order valence-electron chi connectivity index (χ1n) is 4.08. The molecule has 84 valence electrons. The number of alkyl halides is 3. The highest BCUT2D eigenvalue weighted by atomic mass is 19.4. The van der Waals surface area contributed by atoms with Crippen LogP contribution in [0.25, 0.3) is 0 Å². The molecule has 1 atom stereocenters. The average Bonchev–Trinajstić information content (AvgIpc) is 2.11. The molecule has 0 heterocycles. The quantitative estimate of drug-likeness (QED) is 0.769. The minimum atomic E-state index is -4.68. The fourth-order valence-electron chi connectivity index (χ4n) is 1.23. The van der Waals surface area contributed by atoms with Gasteiger partial charge in [-0.05, 0) is 6.07 Å². The summed E-state index contributed by atoms with van der Waals surface area (Å²) < 4.78 is 62.8. The normalized spacial score (nSPS) is 14.0. The van der Waals surface area contributed by atoms with E-state index in [9.17, 15) is 22.0 Å². The number of hydrogen-bond acceptors (Lipinski definition) is 1. The summed E-state index contributed by atoms with van der Waals surface area (Å²) in [6.07, 6.45) is -4.68. The van der Waals surface area contributed by atoms with Crippen molar-refractivity contribution in [3.63, 3.8) is 0 Å². The minimum Gasteiger partial charge on any atom is -0.330 e. The smallest absolute Gasteiger partial charge is 0.330 e. The van der Waals surface area contributed by atoms with E-state index in [0.29, 0.717) is 0 Å². The topological polar surface area (TPSA) is 26.0 Å². The van der Waals surface area contributed by atoms with Crippen LogP contribution in [-0.4, -0.2) is 12.7 Å². The van der Waals surface area contributed by atoms with Crippen LogP contribution in [0.3, 0.4) is 0 Å². The van der Waals surface area contributed by atoms with Gasteiger partial charge in [0, 0.05) is 12.1 Å². The Balaban J connectivity index is 3.19. The molecule has 1 aromatic carbocycles. The SMILES string of the molecule is NCC(c1cccc(F)c1F)C(F)(F)F. The van der Waals surface area contributed by atoms with Crippen molar-refractivity contribution in [2.75, 3.05) is 6.54 Å². The van der Waals surface area contributed by atoms with E-state index in [2.05, 4.69) is 0 Å². The Hall–Kier alpha value is -1.17. The lowest BCUT2D eigenvalue weighted by Crippen LogP contribution is -2.29. The molecular formula is C9H8F5N. The van der Waals surface area contributed by atoms with Crippen LogP contribution in [0.1, 0.15) is 11.5 Å². The first-order valence-corrected chi connectivity index (χ1v) is 4.08. The summed E-state index contributed by atoms with van der Waals surface area (Å²) in [6, 6.07) is 2.65. The molecule has 0 bridgehead atoms. The molecule has 15 heavy (non-hydrogen) atoms. The van der Waals surface area contributed by atoms with Gasteiger partial charge in [0.15, 0.2) is 11.6 Å². The maximum atomic E-state index is 13.0. The van der Waals surface area contributed by atoms with E-state index in [-0.39, 0.29) is 0 Å². The summed E-state index contributed by atoms with van der Waals surface area (Å²) in [6.45, 7) is -0.816. The summed E-state index contributed by atoms with van der Waals surface area (Å²) in [7, 11) is 0. The van der Waals surface area contributed by atoms with Gasteiger partial charge in [-0.15, -0.1) is 0 Å². The van der Waals surface area contributed by atoms with E-state index >= 15 is 0 Å². The second-order valence-electron chi connectivity index (χ2n) is 2.97. The molecule has 1 nitrogen and oxygen atoms in total. The zero-order valence-corrected chi connectivity index (χ0v) is 7.48. The zero-order valence-electron chi connectivity index (χ0n) is 7.48. The lowest BCUT2D eigenvalue weighted by Gasteiger charge is -2.19. The Morgan fingerprint density at radius 1 is 1.20 bits per heavy atom. The van der Waals surface area contributed by atoms with Gasteiger partial charge in [-0.2, -0.15) is 13.2 Å². The third-order valence-electron chi connectivity index (χ3n) is 1.99. The molecule has 0 fully saturated rings. The first-order chi connectivity index (χ1) is 6.88. The van der Waals surface area contributed by atoms with E-state index < -0.39 is 35.8 Å². The summed E-state index contributed by atoms with van der Waals surface area (Å²) in [5.74, 6) is -4.98. The molecule has 0 radical (unpaired) electrons. The Labute approximate surface area is 82.7 Å². The highest BCUT2D eigenvalue weighted by molar-refractivity contribution is 5.24. The van der Waals surface area contributed by atoms with Crippen molar-refractivity contribution >= 4 is 0 Å². The maximum Gasteiger partial charge on any atom is 0.397 e. The monoisotopic (exact) mass is 225 g/mol.